The van der Waals surface area contributed by atoms with Gasteiger partial charge in [0.15, 0.2) is 23.0 Å². The number of aromatic nitrogens is 1. The molecule has 76 heavy (non-hydrogen) atoms. The maximum absolute atomic E-state index is 11.6. The van der Waals surface area contributed by atoms with Crippen LogP contribution in [-0.4, -0.2) is 35.6 Å². The Morgan fingerprint density at radius 2 is 0.803 bits per heavy atom. The number of aromatic hydroxyl groups is 6. The highest BCUT2D eigenvalue weighted by Crippen LogP contribution is 2.61. The van der Waals surface area contributed by atoms with Crippen LogP contribution in [0, 0.1) is 6.92 Å². The summed E-state index contributed by atoms with van der Waals surface area (Å²) in [5.74, 6) is -0.219. The molecule has 7 N–H and O–H groups in total. The quantitative estimate of drug-likeness (QED) is 0.0632. The Hall–Kier alpha value is -9.08. The lowest BCUT2D eigenvalue weighted by Crippen LogP contribution is -2.31. The lowest BCUT2D eigenvalue weighted by Gasteiger charge is -2.37. The number of aromatic amines is 1. The van der Waals surface area contributed by atoms with Crippen molar-refractivity contribution in [3.8, 4) is 68.6 Å². The SMILES string of the molecule is CC.CCc1ccc(Oc2ccc(CC)cc2)cc1.CCc1ccc(Oc2ccc(Cc3c(C4(c5cc(O)c(O)c(O)c5C)c5ccccc5-c5ccccc54)cc(O)c(O)c3O)cc2)cc1.c1ccc2[nH]ccc2c1. The first-order valence-electron chi connectivity index (χ1n) is 25.9. The van der Waals surface area contributed by atoms with Gasteiger partial charge >= 0.3 is 0 Å². The van der Waals surface area contributed by atoms with Crippen molar-refractivity contribution in [3.05, 3.63) is 250 Å². The molecule has 1 aliphatic rings. The lowest BCUT2D eigenvalue weighted by atomic mass is 9.64. The Morgan fingerprint density at radius 1 is 0.408 bits per heavy atom. The molecule has 0 aliphatic heterocycles. The summed E-state index contributed by atoms with van der Waals surface area (Å²) in [5, 5.41) is 67.2. The molecular weight excluding hydrogens is 947 g/mol. The molecule has 386 valence electrons. The van der Waals surface area contributed by atoms with Crippen LogP contribution >= 0.6 is 0 Å². The topological polar surface area (TPSA) is 156 Å². The maximum Gasteiger partial charge on any atom is 0.200 e. The highest BCUT2D eigenvalue weighted by Gasteiger charge is 2.49. The van der Waals surface area contributed by atoms with Gasteiger partial charge in [-0.1, -0.05) is 150 Å². The number of H-pyrrole nitrogens is 1. The summed E-state index contributed by atoms with van der Waals surface area (Å²) in [6, 6.07) is 60.3. The molecule has 0 fully saturated rings. The molecule has 0 saturated heterocycles. The van der Waals surface area contributed by atoms with Gasteiger partial charge in [-0.3, -0.25) is 0 Å². The predicted octanol–water partition coefficient (Wildman–Crippen LogP) is 16.3. The Labute approximate surface area is 445 Å². The lowest BCUT2D eigenvalue weighted by molar-refractivity contribution is 0.362. The minimum absolute atomic E-state index is 0.141. The van der Waals surface area contributed by atoms with Crippen LogP contribution in [0.3, 0.4) is 0 Å². The summed E-state index contributed by atoms with van der Waals surface area (Å²) in [7, 11) is 0. The summed E-state index contributed by atoms with van der Waals surface area (Å²) in [6.07, 6.45) is 5.15. The Kier molecular flexibility index (Phi) is 16.7. The first-order valence-corrected chi connectivity index (χ1v) is 25.9. The number of para-hydroxylation sites is 1. The van der Waals surface area contributed by atoms with Gasteiger partial charge in [0.25, 0.3) is 0 Å². The molecule has 0 bridgehead atoms. The molecule has 1 aliphatic carbocycles. The number of phenolic OH excluding ortho intramolecular Hbond substituents is 6. The predicted molar refractivity (Wildman–Crippen MR) is 305 cm³/mol. The third-order valence-corrected chi connectivity index (χ3v) is 13.9. The van der Waals surface area contributed by atoms with Crippen molar-refractivity contribution >= 4 is 10.9 Å². The zero-order valence-corrected chi connectivity index (χ0v) is 43.8. The fourth-order valence-corrected chi connectivity index (χ4v) is 9.81. The Balaban J connectivity index is 0.000000221. The van der Waals surface area contributed by atoms with Crippen LogP contribution in [0.25, 0.3) is 22.0 Å². The summed E-state index contributed by atoms with van der Waals surface area (Å²) in [6.45, 7) is 12.0. The molecule has 0 spiro atoms. The van der Waals surface area contributed by atoms with E-state index in [2.05, 4.69) is 68.2 Å². The van der Waals surface area contributed by atoms with Gasteiger partial charge in [-0.05, 0) is 166 Å². The van der Waals surface area contributed by atoms with E-state index in [9.17, 15) is 30.6 Å². The first kappa shape index (κ1) is 53.2. The monoisotopic (exact) mass is 1010 g/mol. The molecule has 10 aromatic rings. The zero-order chi connectivity index (χ0) is 53.9. The van der Waals surface area contributed by atoms with Crippen molar-refractivity contribution in [2.45, 2.75) is 72.6 Å². The van der Waals surface area contributed by atoms with E-state index in [0.717, 1.165) is 58.6 Å². The van der Waals surface area contributed by atoms with E-state index in [1.807, 2.05) is 154 Å². The van der Waals surface area contributed by atoms with Crippen molar-refractivity contribution in [2.75, 3.05) is 0 Å². The van der Waals surface area contributed by atoms with Gasteiger partial charge < -0.3 is 45.1 Å². The molecule has 9 nitrogen and oxygen atoms in total. The highest BCUT2D eigenvalue weighted by atomic mass is 16.5. The minimum Gasteiger partial charge on any atom is -0.504 e. The van der Waals surface area contributed by atoms with Crippen LogP contribution in [0.15, 0.2) is 194 Å². The van der Waals surface area contributed by atoms with Gasteiger partial charge in [-0.25, -0.2) is 0 Å². The van der Waals surface area contributed by atoms with Gasteiger partial charge in [-0.2, -0.15) is 0 Å². The molecule has 0 atom stereocenters. The van der Waals surface area contributed by atoms with Crippen molar-refractivity contribution in [2.24, 2.45) is 0 Å². The van der Waals surface area contributed by atoms with E-state index in [1.165, 1.54) is 39.7 Å². The van der Waals surface area contributed by atoms with Crippen LogP contribution < -0.4 is 9.47 Å². The average molecular weight is 1010 g/mol. The third kappa shape index (κ3) is 10.9. The van der Waals surface area contributed by atoms with Crippen molar-refractivity contribution < 1.29 is 40.1 Å². The van der Waals surface area contributed by atoms with Gasteiger partial charge in [0, 0.05) is 23.7 Å². The Morgan fingerprint density at radius 3 is 1.25 bits per heavy atom. The highest BCUT2D eigenvalue weighted by molar-refractivity contribution is 5.88. The summed E-state index contributed by atoms with van der Waals surface area (Å²) in [5.41, 5.74) is 9.32. The number of aryl methyl sites for hydroxylation is 3. The van der Waals surface area contributed by atoms with Crippen molar-refractivity contribution in [1.29, 1.82) is 0 Å². The van der Waals surface area contributed by atoms with Crippen LogP contribution in [0.4, 0.5) is 0 Å². The number of hydrogen-bond acceptors (Lipinski definition) is 8. The van der Waals surface area contributed by atoms with E-state index in [4.69, 9.17) is 9.47 Å². The molecule has 0 unspecified atom stereocenters. The molecular formula is C67H65NO8. The smallest absolute Gasteiger partial charge is 0.200 e. The maximum atomic E-state index is 11.6. The molecule has 9 heteroatoms. The summed E-state index contributed by atoms with van der Waals surface area (Å²) >= 11 is 0. The number of ether oxygens (including phenoxy) is 2. The second-order valence-electron chi connectivity index (χ2n) is 18.3. The molecule has 1 aromatic heterocycles. The van der Waals surface area contributed by atoms with Crippen LogP contribution in [-0.2, 0) is 31.1 Å². The number of phenols is 6. The second kappa shape index (κ2) is 23.9. The fourth-order valence-electron chi connectivity index (χ4n) is 9.81. The Bertz CT molecular complexity index is 3420. The van der Waals surface area contributed by atoms with Gasteiger partial charge in [0.2, 0.25) is 11.5 Å². The number of rotatable bonds is 11. The average Bonchev–Trinajstić information content (AvgIpc) is 4.16. The number of fused-ring (bicyclic) bond motifs is 4. The van der Waals surface area contributed by atoms with E-state index in [0.29, 0.717) is 33.8 Å². The summed E-state index contributed by atoms with van der Waals surface area (Å²) in [4.78, 5) is 3.12. The standard InChI is InChI=1S/C41H34O7.C16H18O.C8H7N.C2H6/c1-3-24-12-16-26(17-13-24)48-27-18-14-25(15-19-27)20-30-34(22-36(43)40(47)38(30)45)41(33-21-35(42)39(46)37(44)23(33)2)31-10-6-4-8-28(31)29-9-5-7-11-32(29)41;1-3-13-5-9-15(10-6-13)17-16-11-7-14(4-2)8-12-16;1-2-4-8-7(3-1)5-6-9-8;1-2/h4-19,21-22,42-47H,3,20H2,1-2H3;5-12H,3-4H2,1-2H3;1-6,9H;1-2H3. The number of benzene rings is 9. The van der Waals surface area contributed by atoms with Gasteiger partial charge in [0.1, 0.15) is 23.0 Å². The van der Waals surface area contributed by atoms with E-state index in [-0.39, 0.29) is 6.42 Å². The third-order valence-electron chi connectivity index (χ3n) is 13.9. The number of nitrogens with one attached hydrogen (secondary N) is 1. The van der Waals surface area contributed by atoms with Crippen LogP contribution in [0.5, 0.6) is 57.5 Å². The molecule has 0 radical (unpaired) electrons. The molecule has 0 saturated carbocycles. The zero-order valence-electron chi connectivity index (χ0n) is 43.8. The van der Waals surface area contributed by atoms with E-state index in [1.54, 1.807) is 6.92 Å². The largest absolute Gasteiger partial charge is 0.504 e. The first-order chi connectivity index (χ1) is 36.9. The summed E-state index contributed by atoms with van der Waals surface area (Å²) < 4.78 is 11.8. The van der Waals surface area contributed by atoms with E-state index < -0.39 is 39.9 Å². The van der Waals surface area contributed by atoms with Crippen LogP contribution in [0.2, 0.25) is 0 Å². The normalized spacial score (nSPS) is 11.7. The number of hydrogen-bond donors (Lipinski definition) is 7. The van der Waals surface area contributed by atoms with Gasteiger partial charge in [0.05, 0.1) is 5.41 Å². The van der Waals surface area contributed by atoms with Crippen molar-refractivity contribution in [1.82, 2.24) is 4.98 Å². The molecule has 1 heterocycles. The van der Waals surface area contributed by atoms with Crippen molar-refractivity contribution in [3.63, 3.8) is 0 Å². The minimum atomic E-state index is -1.31. The van der Waals surface area contributed by atoms with E-state index >= 15 is 0 Å². The fraction of sp³-hybridized carbons (Fsp3) is 0.164. The molecule has 9 aromatic carbocycles. The molecule has 0 amide bonds. The molecule has 11 rings (SSSR count). The van der Waals surface area contributed by atoms with Gasteiger partial charge in [-0.15, -0.1) is 0 Å². The second-order valence-corrected chi connectivity index (χ2v) is 18.3. The van der Waals surface area contributed by atoms with Crippen LogP contribution in [0.1, 0.15) is 90.3 Å².